The summed E-state index contributed by atoms with van der Waals surface area (Å²) in [6, 6.07) is 6.23. The van der Waals surface area contributed by atoms with Crippen molar-refractivity contribution in [2.24, 2.45) is 0 Å². The number of benzene rings is 1. The molecule has 0 amide bonds. The summed E-state index contributed by atoms with van der Waals surface area (Å²) >= 11 is 5.55. The SMILES string of the molecule is CCC(F)(F)c1cccc(CCl)c1. The lowest BCUT2D eigenvalue weighted by Crippen LogP contribution is -2.11. The third-order valence-electron chi connectivity index (χ3n) is 1.95. The third kappa shape index (κ3) is 2.41. The minimum atomic E-state index is -2.73. The first-order valence-electron chi connectivity index (χ1n) is 4.13. The lowest BCUT2D eigenvalue weighted by Gasteiger charge is -2.14. The predicted octanol–water partition coefficient (Wildman–Crippen LogP) is 3.93. The molecule has 0 aliphatic rings. The molecule has 0 fully saturated rings. The van der Waals surface area contributed by atoms with Crippen molar-refractivity contribution in [1.29, 1.82) is 0 Å². The normalized spacial score (nSPS) is 11.7. The van der Waals surface area contributed by atoms with Crippen molar-refractivity contribution in [2.45, 2.75) is 25.1 Å². The molecular weight excluding hydrogens is 194 g/mol. The van der Waals surface area contributed by atoms with Crippen LogP contribution in [-0.4, -0.2) is 0 Å². The van der Waals surface area contributed by atoms with Crippen molar-refractivity contribution < 1.29 is 8.78 Å². The monoisotopic (exact) mass is 204 g/mol. The molecule has 0 aliphatic carbocycles. The van der Waals surface area contributed by atoms with Crippen LogP contribution in [0.4, 0.5) is 8.78 Å². The Bertz CT molecular complexity index is 284. The Morgan fingerprint density at radius 2 is 2.08 bits per heavy atom. The average molecular weight is 205 g/mol. The molecule has 0 saturated carbocycles. The van der Waals surface area contributed by atoms with Crippen molar-refractivity contribution in [3.05, 3.63) is 35.4 Å². The maximum Gasteiger partial charge on any atom is 0.273 e. The number of alkyl halides is 3. The van der Waals surface area contributed by atoms with Gasteiger partial charge in [0.15, 0.2) is 0 Å². The zero-order valence-corrected chi connectivity index (χ0v) is 8.11. The van der Waals surface area contributed by atoms with Gasteiger partial charge in [-0.25, -0.2) is 8.78 Å². The summed E-state index contributed by atoms with van der Waals surface area (Å²) in [5.41, 5.74) is 0.778. The molecule has 13 heavy (non-hydrogen) atoms. The maximum atomic E-state index is 13.2. The van der Waals surface area contributed by atoms with E-state index in [1.807, 2.05) is 0 Å². The Kier molecular flexibility index (Phi) is 3.26. The van der Waals surface area contributed by atoms with Crippen LogP contribution in [0, 0.1) is 0 Å². The number of halogens is 3. The highest BCUT2D eigenvalue weighted by molar-refractivity contribution is 6.17. The van der Waals surface area contributed by atoms with Crippen molar-refractivity contribution in [3.8, 4) is 0 Å². The molecule has 1 rings (SSSR count). The molecule has 1 aromatic rings. The zero-order valence-electron chi connectivity index (χ0n) is 7.36. The van der Waals surface area contributed by atoms with E-state index in [1.165, 1.54) is 19.1 Å². The van der Waals surface area contributed by atoms with Gasteiger partial charge < -0.3 is 0 Å². The summed E-state index contributed by atoms with van der Waals surface area (Å²) in [6.45, 7) is 1.47. The minimum Gasteiger partial charge on any atom is -0.201 e. The van der Waals surface area contributed by atoms with Crippen LogP contribution in [0.2, 0.25) is 0 Å². The van der Waals surface area contributed by atoms with Crippen LogP contribution in [0.25, 0.3) is 0 Å². The Balaban J connectivity index is 3.01. The highest BCUT2D eigenvalue weighted by Gasteiger charge is 2.28. The van der Waals surface area contributed by atoms with Crippen LogP contribution in [-0.2, 0) is 11.8 Å². The van der Waals surface area contributed by atoms with Crippen molar-refractivity contribution in [2.75, 3.05) is 0 Å². The fourth-order valence-electron chi connectivity index (χ4n) is 1.09. The molecule has 0 nitrogen and oxygen atoms in total. The summed E-state index contributed by atoms with van der Waals surface area (Å²) in [7, 11) is 0. The zero-order chi connectivity index (χ0) is 9.90. The maximum absolute atomic E-state index is 13.2. The summed E-state index contributed by atoms with van der Waals surface area (Å²) in [4.78, 5) is 0. The molecule has 0 spiro atoms. The van der Waals surface area contributed by atoms with Gasteiger partial charge in [-0.3, -0.25) is 0 Å². The molecular formula is C10H11ClF2. The van der Waals surface area contributed by atoms with Crippen LogP contribution in [0.15, 0.2) is 24.3 Å². The van der Waals surface area contributed by atoms with Gasteiger partial charge >= 0.3 is 0 Å². The van der Waals surface area contributed by atoms with Crippen molar-refractivity contribution >= 4 is 11.6 Å². The molecule has 0 heterocycles. The Morgan fingerprint density at radius 1 is 1.38 bits per heavy atom. The van der Waals surface area contributed by atoms with Gasteiger partial charge in [0.25, 0.3) is 5.92 Å². The van der Waals surface area contributed by atoms with Crippen molar-refractivity contribution in [1.82, 2.24) is 0 Å². The fraction of sp³-hybridized carbons (Fsp3) is 0.400. The molecule has 3 heteroatoms. The van der Waals surface area contributed by atoms with Crippen LogP contribution in [0.1, 0.15) is 24.5 Å². The van der Waals surface area contributed by atoms with Gasteiger partial charge in [-0.2, -0.15) is 0 Å². The molecule has 0 aliphatic heterocycles. The number of rotatable bonds is 3. The van der Waals surface area contributed by atoms with Gasteiger partial charge in [-0.15, -0.1) is 11.6 Å². The van der Waals surface area contributed by atoms with E-state index < -0.39 is 5.92 Å². The largest absolute Gasteiger partial charge is 0.273 e. The first kappa shape index (κ1) is 10.5. The van der Waals surface area contributed by atoms with Gasteiger partial charge in [0.05, 0.1) is 0 Å². The lowest BCUT2D eigenvalue weighted by atomic mass is 10.0. The minimum absolute atomic E-state index is 0.0492. The van der Waals surface area contributed by atoms with E-state index in [0.29, 0.717) is 0 Å². The molecule has 1 aromatic carbocycles. The van der Waals surface area contributed by atoms with Gasteiger partial charge in [0.1, 0.15) is 0 Å². The highest BCUT2D eigenvalue weighted by atomic mass is 35.5. The number of hydrogen-bond donors (Lipinski definition) is 0. The van der Waals surface area contributed by atoms with Crippen molar-refractivity contribution in [3.63, 3.8) is 0 Å². The van der Waals surface area contributed by atoms with E-state index in [-0.39, 0.29) is 17.9 Å². The first-order chi connectivity index (χ1) is 6.10. The summed E-state index contributed by atoms with van der Waals surface area (Å²) in [6.07, 6.45) is -0.182. The van der Waals surface area contributed by atoms with E-state index >= 15 is 0 Å². The van der Waals surface area contributed by atoms with E-state index in [2.05, 4.69) is 0 Å². The van der Waals surface area contributed by atoms with E-state index in [4.69, 9.17) is 11.6 Å². The predicted molar refractivity (Wildman–Crippen MR) is 50.2 cm³/mol. The van der Waals surface area contributed by atoms with Gasteiger partial charge in [-0.05, 0) is 11.6 Å². The molecule has 0 bridgehead atoms. The Labute approximate surface area is 81.5 Å². The summed E-state index contributed by atoms with van der Waals surface area (Å²) < 4.78 is 26.3. The summed E-state index contributed by atoms with van der Waals surface area (Å²) in [5.74, 6) is -2.46. The molecule has 0 atom stereocenters. The van der Waals surface area contributed by atoms with Gasteiger partial charge in [-0.1, -0.05) is 25.1 Å². The quantitative estimate of drug-likeness (QED) is 0.655. The second kappa shape index (κ2) is 4.05. The van der Waals surface area contributed by atoms with Gasteiger partial charge in [0, 0.05) is 17.9 Å². The lowest BCUT2D eigenvalue weighted by molar-refractivity contribution is -0.00834. The first-order valence-corrected chi connectivity index (χ1v) is 4.67. The fourth-order valence-corrected chi connectivity index (χ4v) is 1.25. The van der Waals surface area contributed by atoms with E-state index in [0.717, 1.165) is 5.56 Å². The highest BCUT2D eigenvalue weighted by Crippen LogP contribution is 2.31. The standard InChI is InChI=1S/C10H11ClF2/c1-2-10(12,13)9-5-3-4-8(6-9)7-11/h3-6H,2,7H2,1H3. The van der Waals surface area contributed by atoms with Crippen LogP contribution in [0.3, 0.4) is 0 Å². The average Bonchev–Trinajstić information content (AvgIpc) is 2.18. The van der Waals surface area contributed by atoms with E-state index in [9.17, 15) is 8.78 Å². The molecule has 0 saturated heterocycles. The Hall–Kier alpha value is -0.630. The van der Waals surface area contributed by atoms with Crippen LogP contribution >= 0.6 is 11.6 Å². The molecule has 0 radical (unpaired) electrons. The van der Waals surface area contributed by atoms with Gasteiger partial charge in [0.2, 0.25) is 0 Å². The molecule has 72 valence electrons. The molecule has 0 aromatic heterocycles. The Morgan fingerprint density at radius 3 is 2.62 bits per heavy atom. The second-order valence-corrected chi connectivity index (χ2v) is 3.16. The topological polar surface area (TPSA) is 0 Å². The smallest absolute Gasteiger partial charge is 0.201 e. The molecule has 0 N–H and O–H groups in total. The van der Waals surface area contributed by atoms with E-state index in [1.54, 1.807) is 12.1 Å². The third-order valence-corrected chi connectivity index (χ3v) is 2.26. The molecule has 0 unspecified atom stereocenters. The summed E-state index contributed by atoms with van der Waals surface area (Å²) in [5, 5.41) is 0. The van der Waals surface area contributed by atoms with Crippen LogP contribution < -0.4 is 0 Å². The van der Waals surface area contributed by atoms with Crippen LogP contribution in [0.5, 0.6) is 0 Å². The second-order valence-electron chi connectivity index (χ2n) is 2.89. The number of hydrogen-bond acceptors (Lipinski definition) is 0.